The number of nitrogens with one attached hydrogen (secondary N) is 1. The standard InChI is InChI=1S/C19H22N4O2/c1-23-13-16(19(22-23)15-7-9-20-10-8-15)11-21-12-18(24)14-3-5-17(25-2)6-4-14/h3-10,13,18,21,24H,11-12H2,1-2H3/t18-/m0/s1. The molecule has 2 aromatic heterocycles. The molecule has 0 amide bonds. The van der Waals surface area contributed by atoms with E-state index in [0.717, 1.165) is 28.1 Å². The number of aliphatic hydroxyl groups is 1. The van der Waals surface area contributed by atoms with Gasteiger partial charge in [-0.15, -0.1) is 0 Å². The second-order valence-corrected chi connectivity index (χ2v) is 5.83. The van der Waals surface area contributed by atoms with Gasteiger partial charge in [0.1, 0.15) is 5.75 Å². The van der Waals surface area contributed by atoms with Crippen LogP contribution in [0.5, 0.6) is 5.75 Å². The predicted molar refractivity (Wildman–Crippen MR) is 96.1 cm³/mol. The number of benzene rings is 1. The van der Waals surface area contributed by atoms with Crippen molar-refractivity contribution in [3.05, 3.63) is 66.1 Å². The second-order valence-electron chi connectivity index (χ2n) is 5.83. The Morgan fingerprint density at radius 3 is 2.56 bits per heavy atom. The average molecular weight is 338 g/mol. The fourth-order valence-corrected chi connectivity index (χ4v) is 2.71. The maximum absolute atomic E-state index is 10.3. The smallest absolute Gasteiger partial charge is 0.118 e. The maximum Gasteiger partial charge on any atom is 0.118 e. The van der Waals surface area contributed by atoms with Crippen LogP contribution < -0.4 is 10.1 Å². The Labute approximate surface area is 147 Å². The summed E-state index contributed by atoms with van der Waals surface area (Å²) in [5.41, 5.74) is 3.89. The van der Waals surface area contributed by atoms with Crippen molar-refractivity contribution in [1.29, 1.82) is 0 Å². The van der Waals surface area contributed by atoms with E-state index < -0.39 is 6.10 Å². The van der Waals surface area contributed by atoms with Crippen LogP contribution >= 0.6 is 0 Å². The molecule has 1 aromatic carbocycles. The van der Waals surface area contributed by atoms with Gasteiger partial charge in [-0.25, -0.2) is 0 Å². The number of rotatable bonds is 7. The summed E-state index contributed by atoms with van der Waals surface area (Å²) in [6.45, 7) is 1.08. The zero-order valence-corrected chi connectivity index (χ0v) is 14.4. The largest absolute Gasteiger partial charge is 0.497 e. The third-order valence-electron chi connectivity index (χ3n) is 4.01. The van der Waals surface area contributed by atoms with E-state index in [4.69, 9.17) is 4.74 Å². The van der Waals surface area contributed by atoms with Gasteiger partial charge in [-0.2, -0.15) is 5.10 Å². The number of aromatic nitrogens is 3. The molecule has 130 valence electrons. The van der Waals surface area contributed by atoms with E-state index >= 15 is 0 Å². The number of aryl methyl sites for hydroxylation is 1. The molecule has 6 heteroatoms. The molecule has 0 spiro atoms. The molecule has 0 aliphatic carbocycles. The fourth-order valence-electron chi connectivity index (χ4n) is 2.71. The monoisotopic (exact) mass is 338 g/mol. The lowest BCUT2D eigenvalue weighted by Crippen LogP contribution is -2.21. The zero-order valence-electron chi connectivity index (χ0n) is 14.4. The van der Waals surface area contributed by atoms with Crippen LogP contribution in [0.3, 0.4) is 0 Å². The quantitative estimate of drug-likeness (QED) is 0.692. The molecular weight excluding hydrogens is 316 g/mol. The Kier molecular flexibility index (Phi) is 5.42. The summed E-state index contributed by atoms with van der Waals surface area (Å²) in [6, 6.07) is 11.3. The van der Waals surface area contributed by atoms with Gasteiger partial charge in [0.05, 0.1) is 18.9 Å². The summed E-state index contributed by atoms with van der Waals surface area (Å²) in [4.78, 5) is 4.05. The van der Waals surface area contributed by atoms with Crippen LogP contribution in [0.15, 0.2) is 55.0 Å². The molecule has 0 unspecified atom stereocenters. The molecule has 0 fully saturated rings. The van der Waals surface area contributed by atoms with Gasteiger partial charge >= 0.3 is 0 Å². The minimum absolute atomic E-state index is 0.455. The number of aliphatic hydroxyl groups excluding tert-OH is 1. The highest BCUT2D eigenvalue weighted by Crippen LogP contribution is 2.21. The van der Waals surface area contributed by atoms with Crippen molar-refractivity contribution in [2.75, 3.05) is 13.7 Å². The van der Waals surface area contributed by atoms with Gasteiger partial charge in [0.25, 0.3) is 0 Å². The number of methoxy groups -OCH3 is 1. The van der Waals surface area contributed by atoms with E-state index in [-0.39, 0.29) is 0 Å². The van der Waals surface area contributed by atoms with Gasteiger partial charge in [0, 0.05) is 49.9 Å². The third-order valence-corrected chi connectivity index (χ3v) is 4.01. The molecule has 2 N–H and O–H groups in total. The lowest BCUT2D eigenvalue weighted by atomic mass is 10.1. The Hall–Kier alpha value is -2.70. The lowest BCUT2D eigenvalue weighted by molar-refractivity contribution is 0.174. The van der Waals surface area contributed by atoms with Crippen LogP contribution in [0.2, 0.25) is 0 Å². The Morgan fingerprint density at radius 2 is 1.88 bits per heavy atom. The Bertz CT molecular complexity index is 800. The van der Waals surface area contributed by atoms with Crippen molar-refractivity contribution in [2.45, 2.75) is 12.6 Å². The molecule has 0 aliphatic rings. The number of hydrogen-bond donors (Lipinski definition) is 2. The first-order valence-electron chi connectivity index (χ1n) is 8.13. The highest BCUT2D eigenvalue weighted by molar-refractivity contribution is 5.61. The van der Waals surface area contributed by atoms with Crippen LogP contribution in [0.4, 0.5) is 0 Å². The predicted octanol–water partition coefficient (Wildman–Crippen LogP) is 2.31. The van der Waals surface area contributed by atoms with E-state index in [1.54, 1.807) is 24.2 Å². The molecule has 3 rings (SSSR count). The number of nitrogens with zero attached hydrogens (tertiary/aromatic N) is 3. The highest BCUT2D eigenvalue weighted by Gasteiger charge is 2.11. The molecule has 25 heavy (non-hydrogen) atoms. The Balaban J connectivity index is 1.62. The van der Waals surface area contributed by atoms with Crippen LogP contribution in [-0.2, 0) is 13.6 Å². The van der Waals surface area contributed by atoms with Crippen LogP contribution in [0, 0.1) is 0 Å². The van der Waals surface area contributed by atoms with Gasteiger partial charge in [0.2, 0.25) is 0 Å². The van der Waals surface area contributed by atoms with E-state index in [2.05, 4.69) is 15.4 Å². The first kappa shape index (κ1) is 17.1. The van der Waals surface area contributed by atoms with Gasteiger partial charge in [0.15, 0.2) is 0 Å². The molecule has 3 aromatic rings. The number of hydrogen-bond acceptors (Lipinski definition) is 5. The SMILES string of the molecule is COc1ccc([C@@H](O)CNCc2cn(C)nc2-c2ccncc2)cc1. The molecular formula is C19H22N4O2. The molecule has 0 aliphatic heterocycles. The Morgan fingerprint density at radius 1 is 1.16 bits per heavy atom. The number of ether oxygens (including phenoxy) is 1. The van der Waals surface area contributed by atoms with Gasteiger partial charge in [-0.05, 0) is 29.8 Å². The maximum atomic E-state index is 10.3. The van der Waals surface area contributed by atoms with Gasteiger partial charge in [-0.1, -0.05) is 12.1 Å². The zero-order chi connectivity index (χ0) is 17.6. The first-order valence-corrected chi connectivity index (χ1v) is 8.13. The first-order chi connectivity index (χ1) is 12.2. The van der Waals surface area contributed by atoms with E-state index in [1.165, 1.54) is 0 Å². The summed E-state index contributed by atoms with van der Waals surface area (Å²) in [7, 11) is 3.53. The summed E-state index contributed by atoms with van der Waals surface area (Å²) < 4.78 is 6.93. The van der Waals surface area contributed by atoms with E-state index in [1.807, 2.05) is 49.6 Å². The van der Waals surface area contributed by atoms with Crippen molar-refractivity contribution in [2.24, 2.45) is 7.05 Å². The highest BCUT2D eigenvalue weighted by atomic mass is 16.5. The van der Waals surface area contributed by atoms with Gasteiger partial charge in [-0.3, -0.25) is 9.67 Å². The molecule has 6 nitrogen and oxygen atoms in total. The lowest BCUT2D eigenvalue weighted by Gasteiger charge is -2.13. The average Bonchev–Trinajstić information content (AvgIpc) is 3.03. The number of pyridine rings is 1. The normalized spacial score (nSPS) is 12.1. The van der Waals surface area contributed by atoms with Crippen molar-refractivity contribution < 1.29 is 9.84 Å². The molecule has 0 saturated heterocycles. The summed E-state index contributed by atoms with van der Waals surface area (Å²) in [5, 5.41) is 18.2. The topological polar surface area (TPSA) is 72.2 Å². The van der Waals surface area contributed by atoms with Crippen molar-refractivity contribution in [3.63, 3.8) is 0 Å². The molecule has 1 atom stereocenters. The summed E-state index contributed by atoms with van der Waals surface area (Å²) in [5.74, 6) is 0.779. The summed E-state index contributed by atoms with van der Waals surface area (Å²) in [6.07, 6.45) is 4.93. The van der Waals surface area contributed by atoms with Crippen LogP contribution in [0.1, 0.15) is 17.2 Å². The fraction of sp³-hybridized carbons (Fsp3) is 0.263. The van der Waals surface area contributed by atoms with E-state index in [0.29, 0.717) is 13.1 Å². The van der Waals surface area contributed by atoms with Crippen molar-refractivity contribution in [3.8, 4) is 17.0 Å². The second kappa shape index (κ2) is 7.92. The van der Waals surface area contributed by atoms with Crippen LogP contribution in [-0.4, -0.2) is 33.5 Å². The molecule has 2 heterocycles. The minimum Gasteiger partial charge on any atom is -0.497 e. The summed E-state index contributed by atoms with van der Waals surface area (Å²) >= 11 is 0. The molecule has 0 bridgehead atoms. The van der Waals surface area contributed by atoms with Crippen molar-refractivity contribution >= 4 is 0 Å². The van der Waals surface area contributed by atoms with Crippen LogP contribution in [0.25, 0.3) is 11.3 Å². The minimum atomic E-state index is -0.577. The van der Waals surface area contributed by atoms with Gasteiger partial charge < -0.3 is 15.2 Å². The third kappa shape index (κ3) is 4.23. The van der Waals surface area contributed by atoms with Crippen molar-refractivity contribution in [1.82, 2.24) is 20.1 Å². The van der Waals surface area contributed by atoms with E-state index in [9.17, 15) is 5.11 Å². The molecule has 0 radical (unpaired) electrons. The molecule has 0 saturated carbocycles.